The van der Waals surface area contributed by atoms with Crippen molar-refractivity contribution in [3.05, 3.63) is 0 Å². The van der Waals surface area contributed by atoms with E-state index in [-0.39, 0.29) is 18.4 Å². The van der Waals surface area contributed by atoms with Crippen LogP contribution in [0.4, 0.5) is 0 Å². The third-order valence-electron chi connectivity index (χ3n) is 1.51. The molecular weight excluding hydrogens is 166 g/mol. The highest BCUT2D eigenvalue weighted by Crippen LogP contribution is 2.20. The van der Waals surface area contributed by atoms with Crippen LogP contribution in [0.1, 0.15) is 20.3 Å². The van der Waals surface area contributed by atoms with Crippen LogP contribution in [0.15, 0.2) is 0 Å². The molecule has 0 aromatic carbocycles. The molecule has 0 heterocycles. The van der Waals surface area contributed by atoms with E-state index in [9.17, 15) is 4.79 Å². The number of hydrogen-bond acceptors (Lipinski definition) is 3. The smallest absolute Gasteiger partial charge is 0.311 e. The van der Waals surface area contributed by atoms with Crippen molar-refractivity contribution in [2.75, 3.05) is 13.7 Å². The number of methoxy groups -OCH3 is 1. The van der Waals surface area contributed by atoms with Crippen LogP contribution in [-0.2, 0) is 9.53 Å². The van der Waals surface area contributed by atoms with E-state index in [4.69, 9.17) is 5.73 Å². The summed E-state index contributed by atoms with van der Waals surface area (Å²) in [5.74, 6) is -0.196. The van der Waals surface area contributed by atoms with Crippen molar-refractivity contribution in [3.63, 3.8) is 0 Å². The molecule has 0 amide bonds. The van der Waals surface area contributed by atoms with Crippen molar-refractivity contribution < 1.29 is 9.53 Å². The van der Waals surface area contributed by atoms with E-state index in [2.05, 4.69) is 4.74 Å². The predicted molar refractivity (Wildman–Crippen MR) is 46.7 cm³/mol. The van der Waals surface area contributed by atoms with Gasteiger partial charge in [-0.15, -0.1) is 12.4 Å². The summed E-state index contributed by atoms with van der Waals surface area (Å²) in [7, 11) is 1.39. The van der Waals surface area contributed by atoms with E-state index in [0.29, 0.717) is 13.0 Å². The van der Waals surface area contributed by atoms with Crippen LogP contribution in [0.5, 0.6) is 0 Å². The van der Waals surface area contributed by atoms with Crippen LogP contribution in [0.3, 0.4) is 0 Å². The van der Waals surface area contributed by atoms with Gasteiger partial charge in [-0.2, -0.15) is 0 Å². The Bertz CT molecular complexity index is 126. The monoisotopic (exact) mass is 181 g/mol. The number of hydrogen-bond donors (Lipinski definition) is 1. The zero-order valence-corrected chi connectivity index (χ0v) is 8.03. The molecule has 0 bridgehead atoms. The van der Waals surface area contributed by atoms with E-state index < -0.39 is 5.41 Å². The van der Waals surface area contributed by atoms with Gasteiger partial charge in [0.2, 0.25) is 0 Å². The topological polar surface area (TPSA) is 52.3 Å². The SMILES string of the molecule is COC(=O)C(C)(C)CCN.Cl. The number of nitrogens with two attached hydrogens (primary N) is 1. The zero-order valence-electron chi connectivity index (χ0n) is 7.22. The fraction of sp³-hybridized carbons (Fsp3) is 0.857. The second-order valence-electron chi connectivity index (χ2n) is 2.91. The van der Waals surface area contributed by atoms with Gasteiger partial charge in [-0.25, -0.2) is 0 Å². The highest BCUT2D eigenvalue weighted by Gasteiger charge is 2.27. The molecule has 0 radical (unpaired) electrons. The first-order valence-corrected chi connectivity index (χ1v) is 3.33. The Balaban J connectivity index is 0. The van der Waals surface area contributed by atoms with Gasteiger partial charge in [0.25, 0.3) is 0 Å². The zero-order chi connectivity index (χ0) is 8.20. The lowest BCUT2D eigenvalue weighted by Gasteiger charge is -2.19. The molecule has 0 fully saturated rings. The van der Waals surface area contributed by atoms with Gasteiger partial charge in [-0.1, -0.05) is 0 Å². The first kappa shape index (κ1) is 13.3. The summed E-state index contributed by atoms with van der Waals surface area (Å²) in [6, 6.07) is 0. The Labute approximate surface area is 73.7 Å². The number of rotatable bonds is 3. The lowest BCUT2D eigenvalue weighted by Crippen LogP contribution is -2.28. The van der Waals surface area contributed by atoms with E-state index in [1.54, 1.807) is 0 Å². The third kappa shape index (κ3) is 4.22. The van der Waals surface area contributed by atoms with Crippen LogP contribution >= 0.6 is 12.4 Å². The first-order valence-electron chi connectivity index (χ1n) is 3.33. The maximum atomic E-state index is 10.9. The quantitative estimate of drug-likeness (QED) is 0.660. The van der Waals surface area contributed by atoms with Gasteiger partial charge in [0.15, 0.2) is 0 Å². The Morgan fingerprint density at radius 2 is 2.00 bits per heavy atom. The molecular formula is C7H16ClNO2. The first-order chi connectivity index (χ1) is 4.54. The molecule has 0 aromatic heterocycles. The average molecular weight is 182 g/mol. The maximum Gasteiger partial charge on any atom is 0.311 e. The van der Waals surface area contributed by atoms with Gasteiger partial charge in [0, 0.05) is 0 Å². The second kappa shape index (κ2) is 5.38. The molecule has 0 aliphatic rings. The molecule has 0 aromatic rings. The molecule has 0 rings (SSSR count). The van der Waals surface area contributed by atoms with E-state index in [0.717, 1.165) is 0 Å². The van der Waals surface area contributed by atoms with Gasteiger partial charge < -0.3 is 10.5 Å². The minimum Gasteiger partial charge on any atom is -0.469 e. The summed E-state index contributed by atoms with van der Waals surface area (Å²) >= 11 is 0. The maximum absolute atomic E-state index is 10.9. The molecule has 0 unspecified atom stereocenters. The second-order valence-corrected chi connectivity index (χ2v) is 2.91. The molecule has 2 N–H and O–H groups in total. The highest BCUT2D eigenvalue weighted by atomic mass is 35.5. The van der Waals surface area contributed by atoms with Gasteiger partial charge in [-0.05, 0) is 26.8 Å². The summed E-state index contributed by atoms with van der Waals surface area (Å²) in [5, 5.41) is 0. The summed E-state index contributed by atoms with van der Waals surface area (Å²) < 4.78 is 4.57. The van der Waals surface area contributed by atoms with Gasteiger partial charge in [0.1, 0.15) is 0 Å². The molecule has 68 valence electrons. The molecule has 0 aliphatic carbocycles. The summed E-state index contributed by atoms with van der Waals surface area (Å²) in [5.41, 5.74) is 4.87. The number of carbonyl (C=O) groups excluding carboxylic acids is 1. The fourth-order valence-corrected chi connectivity index (χ4v) is 0.739. The van der Waals surface area contributed by atoms with E-state index >= 15 is 0 Å². The number of carbonyl (C=O) groups is 1. The van der Waals surface area contributed by atoms with Crippen LogP contribution < -0.4 is 5.73 Å². The third-order valence-corrected chi connectivity index (χ3v) is 1.51. The molecule has 4 heteroatoms. The molecule has 0 aliphatic heterocycles. The molecule has 0 atom stereocenters. The minimum absolute atomic E-state index is 0. The van der Waals surface area contributed by atoms with Crippen molar-refractivity contribution in [3.8, 4) is 0 Å². The number of halogens is 1. The fourth-order valence-electron chi connectivity index (χ4n) is 0.739. The van der Waals surface area contributed by atoms with Crippen LogP contribution in [0.25, 0.3) is 0 Å². The summed E-state index contributed by atoms with van der Waals surface area (Å²) in [4.78, 5) is 10.9. The Morgan fingerprint density at radius 3 is 2.27 bits per heavy atom. The van der Waals surface area contributed by atoms with Crippen LogP contribution in [0.2, 0.25) is 0 Å². The molecule has 3 nitrogen and oxygen atoms in total. The van der Waals surface area contributed by atoms with Crippen molar-refractivity contribution in [2.45, 2.75) is 20.3 Å². The Kier molecular flexibility index (Phi) is 6.52. The normalized spacial score (nSPS) is 10.2. The summed E-state index contributed by atoms with van der Waals surface area (Å²) in [6.45, 7) is 4.17. The Morgan fingerprint density at radius 1 is 1.55 bits per heavy atom. The van der Waals surface area contributed by atoms with Gasteiger partial charge >= 0.3 is 5.97 Å². The van der Waals surface area contributed by atoms with Gasteiger partial charge in [-0.3, -0.25) is 4.79 Å². The largest absolute Gasteiger partial charge is 0.469 e. The standard InChI is InChI=1S/C7H15NO2.ClH/c1-7(2,4-5-8)6(9)10-3;/h4-5,8H2,1-3H3;1H. The molecule has 11 heavy (non-hydrogen) atoms. The number of esters is 1. The van der Waals surface area contributed by atoms with Crippen molar-refractivity contribution in [1.29, 1.82) is 0 Å². The van der Waals surface area contributed by atoms with Crippen molar-refractivity contribution >= 4 is 18.4 Å². The lowest BCUT2D eigenvalue weighted by molar-refractivity contribution is -0.150. The number of ether oxygens (including phenoxy) is 1. The lowest BCUT2D eigenvalue weighted by atomic mass is 9.90. The van der Waals surface area contributed by atoms with Gasteiger partial charge in [0.05, 0.1) is 12.5 Å². The predicted octanol–water partition coefficient (Wildman–Crippen LogP) is 0.956. The van der Waals surface area contributed by atoms with E-state index in [1.165, 1.54) is 7.11 Å². The summed E-state index contributed by atoms with van der Waals surface area (Å²) in [6.07, 6.45) is 0.666. The molecule has 0 spiro atoms. The van der Waals surface area contributed by atoms with E-state index in [1.807, 2.05) is 13.8 Å². The average Bonchev–Trinajstić information content (AvgIpc) is 1.86. The highest BCUT2D eigenvalue weighted by molar-refractivity contribution is 5.85. The van der Waals surface area contributed by atoms with Crippen molar-refractivity contribution in [2.24, 2.45) is 11.1 Å². The minimum atomic E-state index is -0.427. The molecule has 0 saturated heterocycles. The van der Waals surface area contributed by atoms with Crippen LogP contribution in [0, 0.1) is 5.41 Å². The van der Waals surface area contributed by atoms with Crippen LogP contribution in [-0.4, -0.2) is 19.6 Å². The van der Waals surface area contributed by atoms with Crippen molar-refractivity contribution in [1.82, 2.24) is 0 Å². The molecule has 0 saturated carbocycles. The Hall–Kier alpha value is -0.280.